The van der Waals surface area contributed by atoms with Crippen LogP contribution in [0.25, 0.3) is 0 Å². The van der Waals surface area contributed by atoms with Gasteiger partial charge in [-0.25, -0.2) is 0 Å². The van der Waals surface area contributed by atoms with Gasteiger partial charge >= 0.3 is 5.97 Å². The highest BCUT2D eigenvalue weighted by Gasteiger charge is 2.28. The van der Waals surface area contributed by atoms with Gasteiger partial charge in [0.2, 0.25) is 23.6 Å². The molecule has 0 aromatic rings. The number of carbonyl (C=O) groups is 5. The highest BCUT2D eigenvalue weighted by molar-refractivity contribution is 5.79. The van der Waals surface area contributed by atoms with E-state index in [1.807, 2.05) is 54.2 Å². The van der Waals surface area contributed by atoms with Gasteiger partial charge in [0, 0.05) is 78.0 Å². The van der Waals surface area contributed by atoms with E-state index in [4.69, 9.17) is 9.47 Å². The molecular formula is C29H54N4O8. The summed E-state index contributed by atoms with van der Waals surface area (Å²) in [6.45, 7) is 18.8. The van der Waals surface area contributed by atoms with Crippen LogP contribution in [0.3, 0.4) is 0 Å². The molecule has 0 N–H and O–H groups in total. The molecule has 238 valence electrons. The van der Waals surface area contributed by atoms with Gasteiger partial charge in [-0.15, -0.1) is 0 Å². The Morgan fingerprint density at radius 2 is 0.976 bits per heavy atom. The lowest BCUT2D eigenvalue weighted by Gasteiger charge is -2.40. The van der Waals surface area contributed by atoms with Crippen molar-refractivity contribution in [3.05, 3.63) is 0 Å². The predicted molar refractivity (Wildman–Crippen MR) is 155 cm³/mol. The van der Waals surface area contributed by atoms with Crippen LogP contribution in [0.15, 0.2) is 0 Å². The fourth-order valence-corrected chi connectivity index (χ4v) is 4.11. The van der Waals surface area contributed by atoms with Crippen LogP contribution < -0.4 is 0 Å². The largest absolute Gasteiger partial charge is 0.438 e. The van der Waals surface area contributed by atoms with Crippen molar-refractivity contribution in [3.63, 3.8) is 0 Å². The van der Waals surface area contributed by atoms with Crippen LogP contribution in [0.2, 0.25) is 0 Å². The monoisotopic (exact) mass is 586 g/mol. The third-order valence-corrected chi connectivity index (χ3v) is 6.74. The summed E-state index contributed by atoms with van der Waals surface area (Å²) in [4.78, 5) is 63.8. The third-order valence-electron chi connectivity index (χ3n) is 6.74. The van der Waals surface area contributed by atoms with Gasteiger partial charge in [-0.1, -0.05) is 41.5 Å². The van der Waals surface area contributed by atoms with E-state index in [1.165, 1.54) is 0 Å². The molecule has 0 bridgehead atoms. The molecule has 0 aromatic carbocycles. The molecule has 0 atom stereocenters. The number of carbonyl (C=O) groups excluding carboxylic acids is 5. The van der Waals surface area contributed by atoms with Crippen LogP contribution in [-0.2, 0) is 38.2 Å². The van der Waals surface area contributed by atoms with E-state index in [9.17, 15) is 24.0 Å². The molecule has 0 aromatic heterocycles. The van der Waals surface area contributed by atoms with Crippen LogP contribution >= 0.6 is 0 Å². The summed E-state index contributed by atoms with van der Waals surface area (Å²) < 4.78 is 14.2. The second kappa shape index (κ2) is 22.9. The van der Waals surface area contributed by atoms with Gasteiger partial charge in [0.25, 0.3) is 0 Å². The molecule has 2 aliphatic rings. The molecule has 0 spiro atoms. The maximum atomic E-state index is 11.7. The van der Waals surface area contributed by atoms with Crippen molar-refractivity contribution in [2.24, 2.45) is 5.92 Å². The van der Waals surface area contributed by atoms with Gasteiger partial charge in [-0.05, 0) is 19.3 Å². The van der Waals surface area contributed by atoms with Gasteiger partial charge in [0.05, 0.1) is 6.67 Å². The lowest BCUT2D eigenvalue weighted by atomic mass is 10.0. The Hall–Kier alpha value is -2.73. The Labute approximate surface area is 246 Å². The van der Waals surface area contributed by atoms with Crippen molar-refractivity contribution < 1.29 is 38.2 Å². The first-order chi connectivity index (χ1) is 19.6. The summed E-state index contributed by atoms with van der Waals surface area (Å²) in [5, 5.41) is 0. The number of esters is 1. The molecule has 12 nitrogen and oxygen atoms in total. The number of rotatable bonds is 11. The SMILES string of the molecule is CCC(=O)N1CC(CC)CN(C(=O)CC)C1.CCC(=O)N1CCN(C(=O)CC)CC1.CCOCOCOC(=O)CC. The van der Waals surface area contributed by atoms with Gasteiger partial charge in [0.15, 0.2) is 13.6 Å². The number of piperazine rings is 1. The number of nitrogens with zero attached hydrogens (tertiary/aromatic N) is 4. The number of amides is 4. The average molecular weight is 587 g/mol. The van der Waals surface area contributed by atoms with Crippen LogP contribution in [0.4, 0.5) is 0 Å². The van der Waals surface area contributed by atoms with E-state index in [1.54, 1.807) is 6.92 Å². The average Bonchev–Trinajstić information content (AvgIpc) is 3.03. The van der Waals surface area contributed by atoms with Crippen LogP contribution in [0.5, 0.6) is 0 Å². The van der Waals surface area contributed by atoms with Crippen molar-refractivity contribution in [2.75, 3.05) is 66.1 Å². The number of hydrogen-bond donors (Lipinski definition) is 0. The Balaban J connectivity index is 0.000000597. The maximum Gasteiger partial charge on any atom is 0.307 e. The molecule has 2 rings (SSSR count). The van der Waals surface area contributed by atoms with Crippen molar-refractivity contribution in [3.8, 4) is 0 Å². The van der Waals surface area contributed by atoms with Crippen molar-refractivity contribution in [2.45, 2.75) is 87.0 Å². The molecule has 2 aliphatic heterocycles. The van der Waals surface area contributed by atoms with Crippen molar-refractivity contribution in [1.29, 1.82) is 0 Å². The van der Waals surface area contributed by atoms with Crippen LogP contribution in [0.1, 0.15) is 87.0 Å². The summed E-state index contributed by atoms with van der Waals surface area (Å²) in [5.74, 6) is 0.836. The van der Waals surface area contributed by atoms with Gasteiger partial charge in [-0.3, -0.25) is 24.0 Å². The fraction of sp³-hybridized carbons (Fsp3) is 0.828. The molecule has 2 saturated heterocycles. The number of hydrogen-bond acceptors (Lipinski definition) is 8. The topological polar surface area (TPSA) is 126 Å². The summed E-state index contributed by atoms with van der Waals surface area (Å²) in [7, 11) is 0. The minimum atomic E-state index is -0.263. The zero-order valence-electron chi connectivity index (χ0n) is 26.4. The molecule has 12 heteroatoms. The Morgan fingerprint density at radius 3 is 1.32 bits per heavy atom. The molecule has 0 unspecified atom stereocenters. The lowest BCUT2D eigenvalue weighted by molar-refractivity contribution is -0.167. The zero-order chi connectivity index (χ0) is 31.2. The molecule has 41 heavy (non-hydrogen) atoms. The number of ether oxygens (including phenoxy) is 3. The molecule has 0 saturated carbocycles. The summed E-state index contributed by atoms with van der Waals surface area (Å²) in [6, 6.07) is 0. The zero-order valence-corrected chi connectivity index (χ0v) is 26.4. The minimum absolute atomic E-state index is 0.0212. The highest BCUT2D eigenvalue weighted by Crippen LogP contribution is 2.17. The van der Waals surface area contributed by atoms with Gasteiger partial charge in [0.1, 0.15) is 0 Å². The van der Waals surface area contributed by atoms with Gasteiger partial charge in [-0.2, -0.15) is 0 Å². The predicted octanol–water partition coefficient (Wildman–Crippen LogP) is 2.85. The quantitative estimate of drug-likeness (QED) is 0.206. The molecule has 2 heterocycles. The Morgan fingerprint density at radius 1 is 0.561 bits per heavy atom. The smallest absolute Gasteiger partial charge is 0.307 e. The van der Waals surface area contributed by atoms with E-state index in [0.29, 0.717) is 77.5 Å². The highest BCUT2D eigenvalue weighted by atomic mass is 16.7. The van der Waals surface area contributed by atoms with Crippen LogP contribution in [0, 0.1) is 5.92 Å². The summed E-state index contributed by atoms with van der Waals surface area (Å²) in [5.41, 5.74) is 0. The lowest BCUT2D eigenvalue weighted by Crippen LogP contribution is -2.53. The standard InChI is InChI=1S/C12H22N2O2.C10H18N2O2.C7H14O4/c1-4-10-7-13(11(15)5-2)9-14(8-10)12(16)6-3;1-3-9(13)11-5-7-12(8-6-11)10(14)4-2;1-3-7(8)11-6-10-5-9-4-2/h10H,4-9H2,1-3H3;3-8H2,1-2H3;3-6H2,1-2H3. The van der Waals surface area contributed by atoms with E-state index >= 15 is 0 Å². The Bertz CT molecular complexity index is 739. The fourth-order valence-electron chi connectivity index (χ4n) is 4.11. The van der Waals surface area contributed by atoms with E-state index < -0.39 is 0 Å². The Kier molecular flexibility index (Phi) is 21.4. The summed E-state index contributed by atoms with van der Waals surface area (Å²) in [6.07, 6.45) is 3.54. The first kappa shape index (κ1) is 38.3. The van der Waals surface area contributed by atoms with E-state index in [-0.39, 0.29) is 43.2 Å². The first-order valence-electron chi connectivity index (χ1n) is 15.0. The van der Waals surface area contributed by atoms with Crippen LogP contribution in [-0.4, -0.2) is 115 Å². The molecular weight excluding hydrogens is 532 g/mol. The van der Waals surface area contributed by atoms with Crippen molar-refractivity contribution >= 4 is 29.6 Å². The van der Waals surface area contributed by atoms with E-state index in [2.05, 4.69) is 11.7 Å². The molecule has 0 aliphatic carbocycles. The van der Waals surface area contributed by atoms with Gasteiger partial charge < -0.3 is 33.8 Å². The minimum Gasteiger partial charge on any atom is -0.438 e. The van der Waals surface area contributed by atoms with E-state index in [0.717, 1.165) is 19.5 Å². The second-order valence-electron chi connectivity index (χ2n) is 9.63. The second-order valence-corrected chi connectivity index (χ2v) is 9.63. The third kappa shape index (κ3) is 15.7. The molecule has 2 fully saturated rings. The normalized spacial score (nSPS) is 15.3. The summed E-state index contributed by atoms with van der Waals surface area (Å²) >= 11 is 0. The van der Waals surface area contributed by atoms with Crippen molar-refractivity contribution in [1.82, 2.24) is 19.6 Å². The molecule has 4 amide bonds. The first-order valence-corrected chi connectivity index (χ1v) is 15.0. The molecule has 0 radical (unpaired) electrons. The maximum absolute atomic E-state index is 11.7.